The lowest BCUT2D eigenvalue weighted by molar-refractivity contribution is 0.0705. The first-order valence-electron chi connectivity index (χ1n) is 13.4. The molecule has 192 valence electrons. The standard InChI is InChI=1S/C32H27N5O2/c38-30(35-39)26-15-33-31(34-16-26)37-19-27-28-29(37)32(27,28)36(17-20-9-11-22-5-1-3-7-24(22)13-20)18-21-10-12-23-6-2-4-8-25(23)14-21/h1-16,27-29,39H,17-19H2,(H,35,38). The Kier molecular flexibility index (Phi) is 4.84. The molecule has 2 bridgehead atoms. The molecule has 4 aromatic carbocycles. The molecule has 4 atom stereocenters. The van der Waals surface area contributed by atoms with Gasteiger partial charge in [0.2, 0.25) is 5.95 Å². The Morgan fingerprint density at radius 1 is 0.872 bits per heavy atom. The maximum Gasteiger partial charge on any atom is 0.277 e. The third-order valence-electron chi connectivity index (χ3n) is 9.07. The second-order valence-corrected chi connectivity index (χ2v) is 11.0. The van der Waals surface area contributed by atoms with Crippen molar-refractivity contribution in [2.45, 2.75) is 24.7 Å². The highest BCUT2D eigenvalue weighted by atomic mass is 16.5. The average molecular weight is 514 g/mol. The molecule has 5 aromatic rings. The summed E-state index contributed by atoms with van der Waals surface area (Å²) in [6.45, 7) is 2.68. The number of carbonyl (C=O) groups is 1. The van der Waals surface area contributed by atoms with E-state index in [1.54, 1.807) is 5.48 Å². The number of anilines is 1. The number of nitrogens with one attached hydrogen (secondary N) is 1. The van der Waals surface area contributed by atoms with Gasteiger partial charge >= 0.3 is 0 Å². The maximum atomic E-state index is 11.7. The molecule has 4 unspecified atom stereocenters. The van der Waals surface area contributed by atoms with Gasteiger partial charge in [-0.1, -0.05) is 72.8 Å². The number of carbonyl (C=O) groups excluding carboxylic acids is 1. The highest BCUT2D eigenvalue weighted by Gasteiger charge is 2.94. The van der Waals surface area contributed by atoms with Crippen molar-refractivity contribution in [1.82, 2.24) is 20.3 Å². The molecule has 39 heavy (non-hydrogen) atoms. The van der Waals surface area contributed by atoms with Gasteiger partial charge in [0.05, 0.1) is 17.1 Å². The third kappa shape index (κ3) is 3.40. The molecule has 2 aliphatic carbocycles. The molecule has 2 saturated carbocycles. The molecule has 2 N–H and O–H groups in total. The summed E-state index contributed by atoms with van der Waals surface area (Å²) in [7, 11) is 0. The van der Waals surface area contributed by atoms with E-state index in [1.165, 1.54) is 45.1 Å². The van der Waals surface area contributed by atoms with Crippen molar-refractivity contribution in [3.05, 3.63) is 114 Å². The van der Waals surface area contributed by atoms with Crippen molar-refractivity contribution in [2.24, 2.45) is 11.8 Å². The molecule has 7 nitrogen and oxygen atoms in total. The van der Waals surface area contributed by atoms with Crippen LogP contribution in [-0.2, 0) is 13.1 Å². The van der Waals surface area contributed by atoms with E-state index in [1.807, 2.05) is 0 Å². The zero-order valence-corrected chi connectivity index (χ0v) is 21.2. The van der Waals surface area contributed by atoms with Gasteiger partial charge in [0.1, 0.15) is 0 Å². The van der Waals surface area contributed by atoms with Gasteiger partial charge in [0, 0.05) is 43.9 Å². The Morgan fingerprint density at radius 2 is 1.44 bits per heavy atom. The van der Waals surface area contributed by atoms with Crippen molar-refractivity contribution in [2.75, 3.05) is 11.4 Å². The Balaban J connectivity index is 1.11. The van der Waals surface area contributed by atoms with Gasteiger partial charge in [-0.3, -0.25) is 14.9 Å². The predicted octanol–water partition coefficient (Wildman–Crippen LogP) is 4.79. The number of nitrogens with zero attached hydrogens (tertiary/aromatic N) is 4. The predicted molar refractivity (Wildman–Crippen MR) is 149 cm³/mol. The van der Waals surface area contributed by atoms with Crippen LogP contribution in [0.4, 0.5) is 5.95 Å². The Morgan fingerprint density at radius 3 is 1.97 bits per heavy atom. The van der Waals surface area contributed by atoms with E-state index in [-0.39, 0.29) is 11.1 Å². The van der Waals surface area contributed by atoms with E-state index in [2.05, 4.69) is 105 Å². The van der Waals surface area contributed by atoms with Crippen LogP contribution in [0.1, 0.15) is 21.5 Å². The van der Waals surface area contributed by atoms with Gasteiger partial charge < -0.3 is 4.90 Å². The molecular formula is C32H27N5O2. The van der Waals surface area contributed by atoms with E-state index in [0.717, 1.165) is 19.6 Å². The molecule has 0 radical (unpaired) electrons. The van der Waals surface area contributed by atoms with E-state index in [4.69, 9.17) is 5.21 Å². The number of piperidine rings is 1. The highest BCUT2D eigenvalue weighted by Crippen LogP contribution is 2.81. The number of rotatable bonds is 7. The SMILES string of the molecule is O=C(NO)c1cnc(N2CC3C4C2C34N(Cc2ccc3ccccc3c2)Cc2ccc3ccccc3c2)nc1. The fourth-order valence-corrected chi connectivity index (χ4v) is 7.18. The summed E-state index contributed by atoms with van der Waals surface area (Å²) in [4.78, 5) is 25.7. The molecule has 2 aliphatic heterocycles. The van der Waals surface area contributed by atoms with E-state index < -0.39 is 5.91 Å². The lowest BCUT2D eigenvalue weighted by Gasteiger charge is -2.29. The van der Waals surface area contributed by atoms with Gasteiger partial charge in [-0.05, 0) is 44.8 Å². The molecule has 4 fully saturated rings. The van der Waals surface area contributed by atoms with E-state index in [9.17, 15) is 4.79 Å². The van der Waals surface area contributed by atoms with Crippen LogP contribution in [0.15, 0.2) is 97.3 Å². The number of hydrogen-bond acceptors (Lipinski definition) is 6. The summed E-state index contributed by atoms with van der Waals surface area (Å²) < 4.78 is 0. The highest BCUT2D eigenvalue weighted by molar-refractivity contribution is 5.92. The summed E-state index contributed by atoms with van der Waals surface area (Å²) in [5.41, 5.74) is 4.65. The van der Waals surface area contributed by atoms with Gasteiger partial charge in [0.15, 0.2) is 0 Å². The second kappa shape index (κ2) is 8.33. The minimum Gasteiger partial charge on any atom is -0.335 e. The molecule has 3 heterocycles. The summed E-state index contributed by atoms with van der Waals surface area (Å²) in [6, 6.07) is 31.1. The van der Waals surface area contributed by atoms with Crippen LogP contribution < -0.4 is 10.4 Å². The summed E-state index contributed by atoms with van der Waals surface area (Å²) in [5, 5.41) is 14.0. The van der Waals surface area contributed by atoms with E-state index >= 15 is 0 Å². The first kappa shape index (κ1) is 22.6. The molecular weight excluding hydrogens is 486 g/mol. The first-order chi connectivity index (χ1) is 19.2. The largest absolute Gasteiger partial charge is 0.335 e. The monoisotopic (exact) mass is 513 g/mol. The Hall–Kier alpha value is -4.33. The Labute approximate surface area is 225 Å². The minimum atomic E-state index is -0.605. The average Bonchev–Trinajstić information content (AvgIpc) is 3.73. The quantitative estimate of drug-likeness (QED) is 0.241. The van der Waals surface area contributed by atoms with Crippen LogP contribution in [0.25, 0.3) is 21.5 Å². The molecule has 2 saturated heterocycles. The van der Waals surface area contributed by atoms with Gasteiger partial charge in [-0.15, -0.1) is 0 Å². The first-order valence-corrected chi connectivity index (χ1v) is 13.4. The van der Waals surface area contributed by atoms with Crippen molar-refractivity contribution < 1.29 is 10.0 Å². The zero-order valence-electron chi connectivity index (χ0n) is 21.2. The number of amides is 1. The van der Waals surface area contributed by atoms with Crippen molar-refractivity contribution in [3.63, 3.8) is 0 Å². The lowest BCUT2D eigenvalue weighted by atomic mass is 10.0. The number of hydrogen-bond donors (Lipinski definition) is 2. The molecule has 9 rings (SSSR count). The fraction of sp³-hybridized carbons (Fsp3) is 0.219. The zero-order chi connectivity index (χ0) is 26.1. The van der Waals surface area contributed by atoms with Crippen LogP contribution in [0, 0.1) is 11.8 Å². The smallest absolute Gasteiger partial charge is 0.277 e. The van der Waals surface area contributed by atoms with Crippen LogP contribution in [0.2, 0.25) is 0 Å². The number of benzene rings is 4. The molecule has 4 aliphatic rings. The number of fused-ring (bicyclic) bond motifs is 3. The normalized spacial score (nSPS) is 24.3. The Bertz CT molecular complexity index is 1670. The molecule has 1 amide bonds. The molecule has 0 spiro atoms. The lowest BCUT2D eigenvalue weighted by Crippen LogP contribution is -2.37. The van der Waals surface area contributed by atoms with Gasteiger partial charge in [-0.2, -0.15) is 0 Å². The third-order valence-corrected chi connectivity index (χ3v) is 9.07. The summed E-state index contributed by atoms with van der Waals surface area (Å²) in [6.07, 6.45) is 2.96. The van der Waals surface area contributed by atoms with Crippen LogP contribution in [0.3, 0.4) is 0 Å². The second-order valence-electron chi connectivity index (χ2n) is 11.0. The number of hydroxylamine groups is 1. The topological polar surface area (TPSA) is 81.6 Å². The fourth-order valence-electron chi connectivity index (χ4n) is 7.18. The van der Waals surface area contributed by atoms with Crippen molar-refractivity contribution >= 4 is 33.4 Å². The van der Waals surface area contributed by atoms with Crippen molar-refractivity contribution in [1.29, 1.82) is 0 Å². The molecule has 7 heteroatoms. The summed E-state index contributed by atoms with van der Waals surface area (Å²) in [5.74, 6) is 1.25. The van der Waals surface area contributed by atoms with E-state index in [0.29, 0.717) is 23.8 Å². The van der Waals surface area contributed by atoms with Gasteiger partial charge in [0.25, 0.3) is 5.91 Å². The van der Waals surface area contributed by atoms with Crippen LogP contribution >= 0.6 is 0 Å². The van der Waals surface area contributed by atoms with Crippen LogP contribution in [0.5, 0.6) is 0 Å². The summed E-state index contributed by atoms with van der Waals surface area (Å²) >= 11 is 0. The van der Waals surface area contributed by atoms with Crippen LogP contribution in [-0.4, -0.2) is 44.1 Å². The van der Waals surface area contributed by atoms with Gasteiger partial charge in [-0.25, -0.2) is 15.4 Å². The number of aromatic nitrogens is 2. The molecule has 1 aromatic heterocycles. The minimum absolute atomic E-state index is 0.127. The maximum absolute atomic E-state index is 11.7. The van der Waals surface area contributed by atoms with Crippen molar-refractivity contribution in [3.8, 4) is 0 Å².